The van der Waals surface area contributed by atoms with Gasteiger partial charge in [-0.3, -0.25) is 0 Å². The topological polar surface area (TPSA) is 76.7 Å². The van der Waals surface area contributed by atoms with E-state index in [4.69, 9.17) is 5.26 Å². The molecule has 154 valence electrons. The largest absolute Gasteiger partial charge is 0.478 e. The highest BCUT2D eigenvalue weighted by molar-refractivity contribution is 8.13. The molecule has 3 rings (SSSR count). The summed E-state index contributed by atoms with van der Waals surface area (Å²) in [5.41, 5.74) is 0.463. The highest BCUT2D eigenvalue weighted by atomic mass is 32.2. The van der Waals surface area contributed by atoms with Crippen LogP contribution in [0.5, 0.6) is 0 Å². The van der Waals surface area contributed by atoms with Crippen LogP contribution in [-0.4, -0.2) is 28.5 Å². The van der Waals surface area contributed by atoms with Gasteiger partial charge in [0.05, 0.1) is 34.5 Å². The maximum Gasteiger partial charge on any atom is 0.416 e. The van der Waals surface area contributed by atoms with Gasteiger partial charge < -0.3 is 10.0 Å². The van der Waals surface area contributed by atoms with Crippen molar-refractivity contribution in [3.05, 3.63) is 70.8 Å². The van der Waals surface area contributed by atoms with E-state index < -0.39 is 23.8 Å². The van der Waals surface area contributed by atoms with Crippen molar-refractivity contribution in [2.45, 2.75) is 19.1 Å². The highest BCUT2D eigenvalue weighted by Crippen LogP contribution is 2.37. The molecule has 0 aliphatic carbocycles. The fourth-order valence-corrected chi connectivity index (χ4v) is 3.86. The minimum absolute atomic E-state index is 0.0464. The molecule has 0 aromatic heterocycles. The molecular formula is C21H16F3N3O2S. The fourth-order valence-electron chi connectivity index (χ4n) is 3.22. The number of thioether (sulfide) groups is 1. The van der Waals surface area contributed by atoms with E-state index in [9.17, 15) is 23.1 Å². The van der Waals surface area contributed by atoms with Crippen LogP contribution in [0.25, 0.3) is 5.70 Å². The summed E-state index contributed by atoms with van der Waals surface area (Å²) in [6.45, 7) is 1.61. The number of aliphatic imine (C=N–C) groups is 1. The summed E-state index contributed by atoms with van der Waals surface area (Å²) in [6.07, 6.45) is -2.81. The van der Waals surface area contributed by atoms with Crippen LogP contribution in [0.2, 0.25) is 0 Å². The third-order valence-corrected chi connectivity index (χ3v) is 5.28. The average molecular weight is 431 g/mol. The maximum absolute atomic E-state index is 13.2. The number of alkyl halides is 3. The first-order valence-corrected chi connectivity index (χ1v) is 9.97. The number of carboxylic acid groups (broad SMARTS) is 1. The monoisotopic (exact) mass is 431 g/mol. The molecule has 1 atom stereocenters. The van der Waals surface area contributed by atoms with Crippen LogP contribution in [0.15, 0.2) is 59.1 Å². The van der Waals surface area contributed by atoms with E-state index in [-0.39, 0.29) is 17.0 Å². The Labute approximate surface area is 175 Å². The van der Waals surface area contributed by atoms with Gasteiger partial charge in [0.15, 0.2) is 5.17 Å². The molecule has 0 radical (unpaired) electrons. The fraction of sp³-hybridized carbons (Fsp3) is 0.190. The summed E-state index contributed by atoms with van der Waals surface area (Å²) in [5.74, 6) is -1.22. The number of rotatable bonds is 3. The second-order valence-electron chi connectivity index (χ2n) is 6.45. The van der Waals surface area contributed by atoms with E-state index in [1.807, 2.05) is 6.07 Å². The summed E-state index contributed by atoms with van der Waals surface area (Å²) in [6, 6.07) is 12.2. The number of hydrogen-bond acceptors (Lipinski definition) is 5. The van der Waals surface area contributed by atoms with Crippen LogP contribution in [0, 0.1) is 11.3 Å². The second-order valence-corrected chi connectivity index (χ2v) is 7.22. The predicted molar refractivity (Wildman–Crippen MR) is 110 cm³/mol. The quantitative estimate of drug-likeness (QED) is 0.740. The van der Waals surface area contributed by atoms with E-state index in [0.29, 0.717) is 16.3 Å². The van der Waals surface area contributed by atoms with E-state index >= 15 is 0 Å². The van der Waals surface area contributed by atoms with Gasteiger partial charge in [0.2, 0.25) is 0 Å². The van der Waals surface area contributed by atoms with Crippen molar-refractivity contribution >= 4 is 34.3 Å². The molecule has 1 aliphatic rings. The molecule has 2 aromatic rings. The number of aliphatic carboxylic acids is 1. The second kappa shape index (κ2) is 8.24. The number of anilines is 1. The Balaban J connectivity index is 2.15. The van der Waals surface area contributed by atoms with E-state index in [2.05, 4.69) is 4.99 Å². The SMILES string of the molecule is CSC1=NC(c2ccc(C#N)cc2)=C(C(=O)O)C(C)N1c1cccc(C(F)(F)F)c1. The van der Waals surface area contributed by atoms with Gasteiger partial charge in [-0.2, -0.15) is 18.4 Å². The Hall–Kier alpha value is -3.25. The van der Waals surface area contributed by atoms with Crippen molar-refractivity contribution < 1.29 is 23.1 Å². The minimum atomic E-state index is -4.52. The van der Waals surface area contributed by atoms with Crippen LogP contribution in [0.1, 0.15) is 23.6 Å². The lowest BCUT2D eigenvalue weighted by Crippen LogP contribution is -2.43. The van der Waals surface area contributed by atoms with Gasteiger partial charge >= 0.3 is 12.1 Å². The zero-order valence-corrected chi connectivity index (χ0v) is 16.8. The van der Waals surface area contributed by atoms with Crippen LogP contribution in [0.3, 0.4) is 0 Å². The van der Waals surface area contributed by atoms with Crippen LogP contribution >= 0.6 is 11.8 Å². The van der Waals surface area contributed by atoms with Crippen molar-refractivity contribution in [3.63, 3.8) is 0 Å². The summed E-state index contributed by atoms with van der Waals surface area (Å²) in [5, 5.41) is 19.2. The molecule has 0 saturated carbocycles. The number of nitriles is 1. The van der Waals surface area contributed by atoms with Gasteiger partial charge in [0.1, 0.15) is 0 Å². The first kappa shape index (κ1) is 21.5. The number of carboxylic acids is 1. The third-order valence-electron chi connectivity index (χ3n) is 4.63. The van der Waals surface area contributed by atoms with E-state index in [1.54, 1.807) is 37.4 Å². The molecule has 0 amide bonds. The summed E-state index contributed by atoms with van der Waals surface area (Å²) >= 11 is 1.20. The molecule has 1 aliphatic heterocycles. The minimum Gasteiger partial charge on any atom is -0.478 e. The standard InChI is InChI=1S/C21H16F3N3O2S/c1-12-17(19(28)29)18(14-8-6-13(11-25)7-9-14)26-20(30-2)27(12)16-5-3-4-15(10-16)21(22,23)24/h3-10,12H,1-2H3,(H,28,29). The lowest BCUT2D eigenvalue weighted by Gasteiger charge is -2.36. The maximum atomic E-state index is 13.2. The van der Waals surface area contributed by atoms with Crippen molar-refractivity contribution in [2.75, 3.05) is 11.2 Å². The molecule has 0 saturated heterocycles. The third kappa shape index (κ3) is 4.04. The molecule has 30 heavy (non-hydrogen) atoms. The number of amidine groups is 1. The first-order valence-electron chi connectivity index (χ1n) is 8.74. The molecule has 5 nitrogen and oxygen atoms in total. The Bertz CT molecular complexity index is 1090. The zero-order valence-electron chi connectivity index (χ0n) is 15.9. The molecule has 9 heteroatoms. The Morgan fingerprint density at radius 3 is 2.43 bits per heavy atom. The van der Waals surface area contributed by atoms with Crippen molar-refractivity contribution in [2.24, 2.45) is 4.99 Å². The lowest BCUT2D eigenvalue weighted by atomic mass is 9.97. The van der Waals surface area contributed by atoms with Gasteiger partial charge in [-0.15, -0.1) is 0 Å². The summed E-state index contributed by atoms with van der Waals surface area (Å²) < 4.78 is 39.5. The molecule has 0 fully saturated rings. The number of hydrogen-bond donors (Lipinski definition) is 1. The Morgan fingerprint density at radius 2 is 1.90 bits per heavy atom. The number of halogens is 3. The zero-order chi connectivity index (χ0) is 22.1. The number of nitrogens with zero attached hydrogens (tertiary/aromatic N) is 3. The molecule has 0 bridgehead atoms. The molecule has 1 heterocycles. The van der Waals surface area contributed by atoms with Gasteiger partial charge in [0.25, 0.3) is 0 Å². The van der Waals surface area contributed by atoms with Gasteiger partial charge in [-0.05, 0) is 43.5 Å². The summed E-state index contributed by atoms with van der Waals surface area (Å²) in [4.78, 5) is 18.0. The Kier molecular flexibility index (Phi) is 5.89. The molecule has 1 N–H and O–H groups in total. The summed E-state index contributed by atoms with van der Waals surface area (Å²) in [7, 11) is 0. The van der Waals surface area contributed by atoms with Crippen molar-refractivity contribution in [1.82, 2.24) is 0 Å². The van der Waals surface area contributed by atoms with Crippen LogP contribution in [0.4, 0.5) is 18.9 Å². The molecule has 0 spiro atoms. The number of benzene rings is 2. The highest BCUT2D eigenvalue weighted by Gasteiger charge is 2.36. The average Bonchev–Trinajstić information content (AvgIpc) is 2.72. The predicted octanol–water partition coefficient (Wildman–Crippen LogP) is 5.00. The Morgan fingerprint density at radius 1 is 1.23 bits per heavy atom. The van der Waals surface area contributed by atoms with Gasteiger partial charge in [-0.25, -0.2) is 9.79 Å². The van der Waals surface area contributed by atoms with Gasteiger partial charge in [0, 0.05) is 11.3 Å². The lowest BCUT2D eigenvalue weighted by molar-refractivity contribution is -0.137. The normalized spacial score (nSPS) is 16.9. The van der Waals surface area contributed by atoms with Crippen molar-refractivity contribution in [3.8, 4) is 6.07 Å². The molecule has 2 aromatic carbocycles. The van der Waals surface area contributed by atoms with Crippen LogP contribution in [-0.2, 0) is 11.0 Å². The smallest absolute Gasteiger partial charge is 0.416 e. The van der Waals surface area contributed by atoms with Crippen molar-refractivity contribution in [1.29, 1.82) is 5.26 Å². The molecular weight excluding hydrogens is 415 g/mol. The van der Waals surface area contributed by atoms with E-state index in [1.165, 1.54) is 28.8 Å². The molecule has 1 unspecified atom stereocenters. The number of carbonyl (C=O) groups is 1. The van der Waals surface area contributed by atoms with E-state index in [0.717, 1.165) is 12.1 Å². The van der Waals surface area contributed by atoms with Gasteiger partial charge in [-0.1, -0.05) is 30.0 Å². The van der Waals surface area contributed by atoms with Crippen LogP contribution < -0.4 is 4.90 Å². The first-order chi connectivity index (χ1) is 14.2.